The van der Waals surface area contributed by atoms with Gasteiger partial charge in [0.2, 0.25) is 5.56 Å². The molecule has 7 rings (SSSR count). The number of aromatic amines is 1. The minimum Gasteiger partial charge on any atom is -0.378 e. The zero-order valence-electron chi connectivity index (χ0n) is 25.8. The van der Waals surface area contributed by atoms with Gasteiger partial charge in [0.15, 0.2) is 0 Å². The number of hydrogen-bond acceptors (Lipinski definition) is 10. The largest absolute Gasteiger partial charge is 0.378 e. The second-order valence-corrected chi connectivity index (χ2v) is 14.1. The highest BCUT2D eigenvalue weighted by atomic mass is 32.2. The number of hydrogen-bond donors (Lipinski definition) is 2. The van der Waals surface area contributed by atoms with Crippen LogP contribution in [0.25, 0.3) is 11.3 Å². The molecule has 45 heavy (non-hydrogen) atoms. The normalized spacial score (nSPS) is 17.9. The van der Waals surface area contributed by atoms with E-state index in [0.29, 0.717) is 13.2 Å². The summed E-state index contributed by atoms with van der Waals surface area (Å²) in [6.07, 6.45) is 4.72. The average molecular weight is 642 g/mol. The molecular formula is C34H39N7O2S2. The van der Waals surface area contributed by atoms with Crippen molar-refractivity contribution in [1.82, 2.24) is 24.8 Å². The van der Waals surface area contributed by atoms with Crippen molar-refractivity contribution in [3.8, 4) is 11.3 Å². The van der Waals surface area contributed by atoms with E-state index in [1.807, 2.05) is 19.3 Å². The van der Waals surface area contributed by atoms with Crippen LogP contribution in [0, 0.1) is 6.92 Å². The standard InChI is InChI=1S/C34H39N7O2S2/c1-23-21-36-29(22-35-23)27(8-9-40-12-10-39(2)11-13-40)37-24-6-7-30-32(18-24)44-31-5-3-4-26(34(31)45-30)28-19-25(20-33(42)38-28)41-14-16-43-17-15-41/h3-7,18-22,27,37H,8-17H2,1-2H3,(H,38,42). The highest BCUT2D eigenvalue weighted by Crippen LogP contribution is 2.52. The fourth-order valence-corrected chi connectivity index (χ4v) is 8.46. The summed E-state index contributed by atoms with van der Waals surface area (Å²) in [6, 6.07) is 16.9. The molecule has 2 fully saturated rings. The van der Waals surface area contributed by atoms with E-state index in [2.05, 4.69) is 79.5 Å². The van der Waals surface area contributed by atoms with E-state index in [4.69, 9.17) is 9.72 Å². The molecule has 11 heteroatoms. The summed E-state index contributed by atoms with van der Waals surface area (Å²) in [4.78, 5) is 37.1. The van der Waals surface area contributed by atoms with Crippen molar-refractivity contribution in [3.05, 3.63) is 82.7 Å². The predicted molar refractivity (Wildman–Crippen MR) is 182 cm³/mol. The number of nitrogens with one attached hydrogen (secondary N) is 2. The molecule has 9 nitrogen and oxygen atoms in total. The molecule has 1 unspecified atom stereocenters. The Morgan fingerprint density at radius 2 is 1.78 bits per heavy atom. The Balaban J connectivity index is 1.11. The number of fused-ring (bicyclic) bond motifs is 2. The lowest BCUT2D eigenvalue weighted by Gasteiger charge is -2.33. The van der Waals surface area contributed by atoms with Crippen LogP contribution in [-0.2, 0) is 4.74 Å². The van der Waals surface area contributed by atoms with Crippen molar-refractivity contribution in [2.45, 2.75) is 39.0 Å². The lowest BCUT2D eigenvalue weighted by atomic mass is 10.1. The Hall–Kier alpha value is -3.35. The lowest BCUT2D eigenvalue weighted by Crippen LogP contribution is -2.45. The highest BCUT2D eigenvalue weighted by Gasteiger charge is 2.24. The Kier molecular flexibility index (Phi) is 9.13. The number of morpholine rings is 1. The van der Waals surface area contributed by atoms with Crippen LogP contribution < -0.4 is 15.8 Å². The molecule has 1 atom stereocenters. The summed E-state index contributed by atoms with van der Waals surface area (Å²) in [5, 5.41) is 3.80. The molecule has 0 aliphatic carbocycles. The van der Waals surface area contributed by atoms with Crippen LogP contribution in [0.15, 0.2) is 85.3 Å². The molecule has 0 radical (unpaired) electrons. The monoisotopic (exact) mass is 641 g/mol. The minimum absolute atomic E-state index is 0.0616. The van der Waals surface area contributed by atoms with Gasteiger partial charge in [-0.15, -0.1) is 0 Å². The number of H-pyrrole nitrogens is 1. The lowest BCUT2D eigenvalue weighted by molar-refractivity contribution is 0.122. The number of nitrogens with zero attached hydrogens (tertiary/aromatic N) is 5. The van der Waals surface area contributed by atoms with E-state index in [9.17, 15) is 4.79 Å². The third kappa shape index (κ3) is 7.07. The third-order valence-corrected chi connectivity index (χ3v) is 11.3. The molecule has 3 aliphatic heterocycles. The zero-order valence-corrected chi connectivity index (χ0v) is 27.4. The number of likely N-dealkylation sites (N-methyl/N-ethyl adjacent to an activating group) is 1. The molecule has 0 spiro atoms. The zero-order chi connectivity index (χ0) is 30.8. The van der Waals surface area contributed by atoms with Gasteiger partial charge in [0.1, 0.15) is 0 Å². The smallest absolute Gasteiger partial charge is 0.250 e. The number of aromatic nitrogens is 3. The van der Waals surface area contributed by atoms with Gasteiger partial charge in [-0.1, -0.05) is 35.7 Å². The van der Waals surface area contributed by atoms with Crippen molar-refractivity contribution in [3.63, 3.8) is 0 Å². The first-order chi connectivity index (χ1) is 22.0. The second kappa shape index (κ2) is 13.6. The molecule has 2 saturated heterocycles. The van der Waals surface area contributed by atoms with E-state index in [-0.39, 0.29) is 11.6 Å². The number of piperazine rings is 1. The Labute approximate surface area is 272 Å². The van der Waals surface area contributed by atoms with Gasteiger partial charge in [-0.25, -0.2) is 0 Å². The van der Waals surface area contributed by atoms with Crippen LogP contribution in [0.5, 0.6) is 0 Å². The number of ether oxygens (including phenoxy) is 1. The number of anilines is 2. The van der Waals surface area contributed by atoms with E-state index in [1.54, 1.807) is 29.6 Å². The van der Waals surface area contributed by atoms with Gasteiger partial charge in [-0.3, -0.25) is 14.8 Å². The molecule has 2 aromatic heterocycles. The maximum atomic E-state index is 12.7. The van der Waals surface area contributed by atoms with E-state index in [1.165, 1.54) is 19.6 Å². The summed E-state index contributed by atoms with van der Waals surface area (Å²) >= 11 is 3.55. The predicted octanol–water partition coefficient (Wildman–Crippen LogP) is 5.38. The molecule has 0 amide bonds. The third-order valence-electron chi connectivity index (χ3n) is 8.68. The molecule has 4 aromatic rings. The number of aryl methyl sites for hydroxylation is 1. The molecule has 5 heterocycles. The Bertz CT molecular complexity index is 1700. The van der Waals surface area contributed by atoms with E-state index < -0.39 is 0 Å². The SMILES string of the molecule is Cc1cnc(C(CCN2CCN(C)CC2)Nc2ccc3c(c2)Sc2cccc(-c4cc(N5CCOCC5)cc(=O)[nH]4)c2S3)cn1. The summed E-state index contributed by atoms with van der Waals surface area (Å²) in [7, 11) is 2.19. The van der Waals surface area contributed by atoms with Crippen LogP contribution in [0.4, 0.5) is 11.4 Å². The average Bonchev–Trinajstić information content (AvgIpc) is 3.06. The van der Waals surface area contributed by atoms with Gasteiger partial charge in [-0.05, 0) is 50.7 Å². The number of benzene rings is 2. The first kappa shape index (κ1) is 30.3. The fourth-order valence-electron chi connectivity index (χ4n) is 6.04. The highest BCUT2D eigenvalue weighted by molar-refractivity contribution is 8.05. The van der Waals surface area contributed by atoms with Crippen molar-refractivity contribution in [1.29, 1.82) is 0 Å². The van der Waals surface area contributed by atoms with Crippen molar-refractivity contribution >= 4 is 34.9 Å². The van der Waals surface area contributed by atoms with Crippen molar-refractivity contribution in [2.75, 3.05) is 76.3 Å². The van der Waals surface area contributed by atoms with Gasteiger partial charge in [0, 0.05) is 94.6 Å². The van der Waals surface area contributed by atoms with E-state index >= 15 is 0 Å². The first-order valence-corrected chi connectivity index (χ1v) is 17.3. The van der Waals surface area contributed by atoms with Gasteiger partial charge in [0.25, 0.3) is 0 Å². The topological polar surface area (TPSA) is 89.6 Å². The van der Waals surface area contributed by atoms with Gasteiger partial charge in [0.05, 0.1) is 42.5 Å². The molecule has 234 valence electrons. The number of pyridine rings is 1. The molecule has 2 N–H and O–H groups in total. The summed E-state index contributed by atoms with van der Waals surface area (Å²) in [5.41, 5.74) is 5.72. The van der Waals surface area contributed by atoms with Crippen LogP contribution in [0.1, 0.15) is 23.9 Å². The van der Waals surface area contributed by atoms with Crippen LogP contribution >= 0.6 is 23.5 Å². The summed E-state index contributed by atoms with van der Waals surface area (Å²) in [6.45, 7) is 10.3. The maximum absolute atomic E-state index is 12.7. The van der Waals surface area contributed by atoms with Crippen molar-refractivity contribution in [2.24, 2.45) is 0 Å². The van der Waals surface area contributed by atoms with Crippen LogP contribution in [-0.4, -0.2) is 90.8 Å². The molecule has 0 bridgehead atoms. The summed E-state index contributed by atoms with van der Waals surface area (Å²) in [5.74, 6) is 0. The maximum Gasteiger partial charge on any atom is 0.250 e. The molecule has 2 aromatic carbocycles. The number of rotatable bonds is 8. The Morgan fingerprint density at radius 1 is 0.933 bits per heavy atom. The first-order valence-electron chi connectivity index (χ1n) is 15.6. The summed E-state index contributed by atoms with van der Waals surface area (Å²) < 4.78 is 5.52. The fraction of sp³-hybridized carbons (Fsp3) is 0.382. The van der Waals surface area contributed by atoms with Gasteiger partial charge in [-0.2, -0.15) is 0 Å². The quantitative estimate of drug-likeness (QED) is 0.230. The Morgan fingerprint density at radius 3 is 2.58 bits per heavy atom. The van der Waals surface area contributed by atoms with Gasteiger partial charge < -0.3 is 29.7 Å². The second-order valence-electron chi connectivity index (χ2n) is 11.9. The molecule has 0 saturated carbocycles. The van der Waals surface area contributed by atoms with Crippen LogP contribution in [0.3, 0.4) is 0 Å². The molecule has 3 aliphatic rings. The van der Waals surface area contributed by atoms with E-state index in [0.717, 1.165) is 86.3 Å². The van der Waals surface area contributed by atoms with Gasteiger partial charge >= 0.3 is 0 Å². The molecular weight excluding hydrogens is 603 g/mol. The van der Waals surface area contributed by atoms with Crippen LogP contribution in [0.2, 0.25) is 0 Å². The minimum atomic E-state index is -0.0865. The van der Waals surface area contributed by atoms with Crippen molar-refractivity contribution < 1.29 is 4.74 Å².